The van der Waals surface area contributed by atoms with Crippen molar-refractivity contribution in [2.75, 3.05) is 31.3 Å². The molecule has 2 amide bonds. The number of amides is 2. The Kier molecular flexibility index (Phi) is 7.97. The first kappa shape index (κ1) is 22.7. The molecule has 0 radical (unpaired) electrons. The van der Waals surface area contributed by atoms with Crippen LogP contribution in [-0.4, -0.2) is 52.2 Å². The number of halogens is 1. The number of carbonyl (C=O) groups excluding carboxylic acids is 2. The van der Waals surface area contributed by atoms with Crippen molar-refractivity contribution in [3.05, 3.63) is 71.5 Å². The molecular formula is C22H23ClN4O3S. The van der Waals surface area contributed by atoms with Crippen LogP contribution in [0.4, 0.5) is 5.69 Å². The maximum Gasteiger partial charge on any atom is 0.253 e. The van der Waals surface area contributed by atoms with Crippen LogP contribution in [0.5, 0.6) is 5.75 Å². The summed E-state index contributed by atoms with van der Waals surface area (Å²) in [5.74, 6) is 0.694. The second-order valence-electron chi connectivity index (χ2n) is 6.76. The monoisotopic (exact) mass is 458 g/mol. The zero-order valence-electron chi connectivity index (χ0n) is 17.2. The molecule has 3 aromatic rings. The molecule has 0 aliphatic rings. The smallest absolute Gasteiger partial charge is 0.253 e. The molecule has 0 fully saturated rings. The number of ether oxygens (including phenoxy) is 1. The first-order chi connectivity index (χ1) is 14.9. The van der Waals surface area contributed by atoms with Gasteiger partial charge in [0.2, 0.25) is 5.91 Å². The van der Waals surface area contributed by atoms with Crippen LogP contribution in [0.15, 0.2) is 66.1 Å². The summed E-state index contributed by atoms with van der Waals surface area (Å²) in [5.41, 5.74) is 1.17. The van der Waals surface area contributed by atoms with Crippen molar-refractivity contribution < 1.29 is 14.3 Å². The first-order valence-corrected chi connectivity index (χ1v) is 10.9. The van der Waals surface area contributed by atoms with E-state index in [0.29, 0.717) is 35.2 Å². The molecule has 0 atom stereocenters. The van der Waals surface area contributed by atoms with E-state index in [2.05, 4.69) is 10.3 Å². The predicted molar refractivity (Wildman–Crippen MR) is 123 cm³/mol. The molecule has 162 valence electrons. The zero-order valence-corrected chi connectivity index (χ0v) is 18.8. The summed E-state index contributed by atoms with van der Waals surface area (Å²) in [6, 6.07) is 13.9. The van der Waals surface area contributed by atoms with Gasteiger partial charge in [-0.1, -0.05) is 23.4 Å². The molecule has 0 bridgehead atoms. The number of imidazole rings is 1. The highest BCUT2D eigenvalue weighted by Gasteiger charge is 2.12. The fourth-order valence-corrected chi connectivity index (χ4v) is 3.53. The van der Waals surface area contributed by atoms with Crippen LogP contribution in [0.1, 0.15) is 10.4 Å². The number of thioether (sulfide) groups is 1. The van der Waals surface area contributed by atoms with Gasteiger partial charge in [0.25, 0.3) is 5.91 Å². The fraction of sp³-hybridized carbons (Fsp3) is 0.227. The number of aromatic nitrogens is 2. The van der Waals surface area contributed by atoms with Gasteiger partial charge in [0, 0.05) is 42.8 Å². The third-order valence-corrected chi connectivity index (χ3v) is 5.69. The summed E-state index contributed by atoms with van der Waals surface area (Å²) in [6.07, 6.45) is 3.52. The van der Waals surface area contributed by atoms with Gasteiger partial charge in [-0.2, -0.15) is 0 Å². The van der Waals surface area contributed by atoms with E-state index in [4.69, 9.17) is 16.3 Å². The van der Waals surface area contributed by atoms with Gasteiger partial charge in [0.15, 0.2) is 5.16 Å². The molecule has 1 N–H and O–H groups in total. The Hall–Kier alpha value is -2.97. The highest BCUT2D eigenvalue weighted by atomic mass is 35.5. The molecule has 3 rings (SSSR count). The third kappa shape index (κ3) is 6.77. The van der Waals surface area contributed by atoms with Crippen molar-refractivity contribution in [3.63, 3.8) is 0 Å². The predicted octanol–water partition coefficient (Wildman–Crippen LogP) is 3.96. The second-order valence-corrected chi connectivity index (χ2v) is 8.14. The van der Waals surface area contributed by atoms with Gasteiger partial charge in [0.05, 0.1) is 12.3 Å². The van der Waals surface area contributed by atoms with E-state index in [1.165, 1.54) is 11.8 Å². The number of nitrogens with one attached hydrogen (secondary N) is 1. The van der Waals surface area contributed by atoms with Crippen molar-refractivity contribution in [2.24, 2.45) is 7.05 Å². The normalized spacial score (nSPS) is 10.5. The first-order valence-electron chi connectivity index (χ1n) is 9.56. The second kappa shape index (κ2) is 10.9. The SMILES string of the molecule is CN(CCOc1ccc(Cl)cc1)C(=O)c1ccc(NC(=O)CSc2nccn2C)cc1. The molecule has 1 aromatic heterocycles. The topological polar surface area (TPSA) is 76.5 Å². The summed E-state index contributed by atoms with van der Waals surface area (Å²) in [7, 11) is 3.60. The molecule has 0 saturated carbocycles. The standard InChI is InChI=1S/C22H23ClN4O3S/c1-26(13-14-30-19-9-5-17(23)6-10-19)21(29)16-3-7-18(8-4-16)25-20(28)15-31-22-24-11-12-27(22)2/h3-12H,13-15H2,1-2H3,(H,25,28). The number of rotatable bonds is 9. The maximum atomic E-state index is 12.6. The molecule has 0 aliphatic carbocycles. The molecule has 0 spiro atoms. The van der Waals surface area contributed by atoms with Gasteiger partial charge in [-0.05, 0) is 48.5 Å². The Bertz CT molecular complexity index is 1020. The van der Waals surface area contributed by atoms with Gasteiger partial charge >= 0.3 is 0 Å². The number of carbonyl (C=O) groups is 2. The van der Waals surface area contributed by atoms with E-state index >= 15 is 0 Å². The Labute approximate surface area is 190 Å². The third-order valence-electron chi connectivity index (χ3n) is 4.38. The Morgan fingerprint density at radius 2 is 1.87 bits per heavy atom. The summed E-state index contributed by atoms with van der Waals surface area (Å²) in [5, 5.41) is 4.25. The van der Waals surface area contributed by atoms with E-state index in [1.54, 1.807) is 66.7 Å². The van der Waals surface area contributed by atoms with Gasteiger partial charge in [-0.3, -0.25) is 9.59 Å². The highest BCUT2D eigenvalue weighted by Crippen LogP contribution is 2.17. The van der Waals surface area contributed by atoms with Crippen LogP contribution in [0.25, 0.3) is 0 Å². The van der Waals surface area contributed by atoms with E-state index in [1.807, 2.05) is 17.8 Å². The molecule has 31 heavy (non-hydrogen) atoms. The Balaban J connectivity index is 1.44. The van der Waals surface area contributed by atoms with Gasteiger partial charge < -0.3 is 19.5 Å². The lowest BCUT2D eigenvalue weighted by molar-refractivity contribution is -0.113. The summed E-state index contributed by atoms with van der Waals surface area (Å²) in [6.45, 7) is 0.802. The lowest BCUT2D eigenvalue weighted by Gasteiger charge is -2.18. The average Bonchev–Trinajstić information content (AvgIpc) is 3.18. The van der Waals surface area contributed by atoms with Crippen LogP contribution < -0.4 is 10.1 Å². The van der Waals surface area contributed by atoms with Gasteiger partial charge in [-0.15, -0.1) is 0 Å². The lowest BCUT2D eigenvalue weighted by atomic mass is 10.2. The molecular weight excluding hydrogens is 436 g/mol. The highest BCUT2D eigenvalue weighted by molar-refractivity contribution is 7.99. The van der Waals surface area contributed by atoms with Crippen molar-refractivity contribution in [1.29, 1.82) is 0 Å². The fourth-order valence-electron chi connectivity index (χ4n) is 2.67. The Morgan fingerprint density at radius 3 is 2.52 bits per heavy atom. The number of likely N-dealkylation sites (N-methyl/N-ethyl adjacent to an activating group) is 1. The van der Waals surface area contributed by atoms with Crippen LogP contribution in [0, 0.1) is 0 Å². The number of hydrogen-bond acceptors (Lipinski definition) is 5. The van der Waals surface area contributed by atoms with Gasteiger partial charge in [-0.25, -0.2) is 4.98 Å². The maximum absolute atomic E-state index is 12.6. The van der Waals surface area contributed by atoms with Gasteiger partial charge in [0.1, 0.15) is 12.4 Å². The number of aryl methyl sites for hydroxylation is 1. The van der Waals surface area contributed by atoms with Crippen molar-refractivity contribution in [1.82, 2.24) is 14.5 Å². The van der Waals surface area contributed by atoms with Crippen molar-refractivity contribution >= 4 is 40.9 Å². The Morgan fingerprint density at radius 1 is 1.16 bits per heavy atom. The van der Waals surface area contributed by atoms with Crippen LogP contribution in [0.3, 0.4) is 0 Å². The molecule has 9 heteroatoms. The largest absolute Gasteiger partial charge is 0.492 e. The molecule has 7 nitrogen and oxygen atoms in total. The van der Waals surface area contributed by atoms with Crippen LogP contribution in [0.2, 0.25) is 5.02 Å². The molecule has 0 saturated heterocycles. The number of hydrogen-bond donors (Lipinski definition) is 1. The van der Waals surface area contributed by atoms with E-state index in [-0.39, 0.29) is 17.6 Å². The minimum absolute atomic E-state index is 0.122. The summed E-state index contributed by atoms with van der Waals surface area (Å²) in [4.78, 5) is 30.5. The van der Waals surface area contributed by atoms with Crippen LogP contribution >= 0.6 is 23.4 Å². The van der Waals surface area contributed by atoms with Crippen molar-refractivity contribution in [2.45, 2.75) is 5.16 Å². The van der Waals surface area contributed by atoms with E-state index in [9.17, 15) is 9.59 Å². The number of benzene rings is 2. The zero-order chi connectivity index (χ0) is 22.2. The minimum Gasteiger partial charge on any atom is -0.492 e. The lowest BCUT2D eigenvalue weighted by Crippen LogP contribution is -2.30. The molecule has 0 aliphatic heterocycles. The van der Waals surface area contributed by atoms with E-state index < -0.39 is 0 Å². The minimum atomic E-state index is -0.136. The quantitative estimate of drug-likeness (QED) is 0.491. The summed E-state index contributed by atoms with van der Waals surface area (Å²) < 4.78 is 7.49. The van der Waals surface area contributed by atoms with E-state index in [0.717, 1.165) is 5.16 Å². The molecule has 2 aromatic carbocycles. The molecule has 0 unspecified atom stereocenters. The molecule has 1 heterocycles. The number of anilines is 1. The van der Waals surface area contributed by atoms with Crippen LogP contribution in [-0.2, 0) is 11.8 Å². The summed E-state index contributed by atoms with van der Waals surface area (Å²) >= 11 is 7.21. The average molecular weight is 459 g/mol. The number of nitrogens with zero attached hydrogens (tertiary/aromatic N) is 3. The van der Waals surface area contributed by atoms with Crippen molar-refractivity contribution in [3.8, 4) is 5.75 Å².